The fraction of sp³-hybridized carbons (Fsp3) is 0.889. The molecule has 2 unspecified atom stereocenters. The Balaban J connectivity index is 3.37. The highest BCUT2D eigenvalue weighted by Crippen LogP contribution is 2.02. The first-order valence-electron chi connectivity index (χ1n) is 4.38. The fourth-order valence-corrected chi connectivity index (χ4v) is 0.635. The number of hydrogen-bond donors (Lipinski definition) is 1. The lowest BCUT2D eigenvalue weighted by Gasteiger charge is -2.11. The Morgan fingerprint density at radius 3 is 2.42 bits per heavy atom. The summed E-state index contributed by atoms with van der Waals surface area (Å²) in [5, 5.41) is 8.52. The molecule has 0 saturated heterocycles. The van der Waals surface area contributed by atoms with Crippen LogP contribution in [-0.4, -0.2) is 24.3 Å². The first-order valence-corrected chi connectivity index (χ1v) is 4.38. The highest BCUT2D eigenvalue weighted by atomic mass is 16.5. The Morgan fingerprint density at radius 2 is 2.00 bits per heavy atom. The third-order valence-corrected chi connectivity index (χ3v) is 1.89. The Morgan fingerprint density at radius 1 is 1.42 bits per heavy atom. The second-order valence-corrected chi connectivity index (χ2v) is 3.29. The van der Waals surface area contributed by atoms with Gasteiger partial charge in [-0.3, -0.25) is 4.79 Å². The predicted molar refractivity (Wildman–Crippen MR) is 47.1 cm³/mol. The molecule has 0 amide bonds. The normalized spacial score (nSPS) is 15.6. The van der Waals surface area contributed by atoms with Crippen molar-refractivity contribution in [3.8, 4) is 0 Å². The van der Waals surface area contributed by atoms with Crippen LogP contribution in [-0.2, 0) is 9.53 Å². The molecule has 0 aromatic carbocycles. The molecule has 0 aromatic heterocycles. The minimum atomic E-state index is -0.792. The van der Waals surface area contributed by atoms with Gasteiger partial charge in [0.25, 0.3) is 0 Å². The van der Waals surface area contributed by atoms with Crippen LogP contribution in [0.2, 0.25) is 0 Å². The van der Waals surface area contributed by atoms with Crippen molar-refractivity contribution in [2.24, 2.45) is 11.8 Å². The van der Waals surface area contributed by atoms with E-state index < -0.39 is 11.9 Å². The van der Waals surface area contributed by atoms with Crippen molar-refractivity contribution in [3.05, 3.63) is 0 Å². The standard InChI is InChI=1S/C9H18O3/c1-4-7(2)5-12-6-8(3)9(10)11/h7-8H,4-6H2,1-3H3,(H,10,11). The van der Waals surface area contributed by atoms with Crippen molar-refractivity contribution in [2.45, 2.75) is 27.2 Å². The van der Waals surface area contributed by atoms with Gasteiger partial charge in [-0.05, 0) is 12.8 Å². The van der Waals surface area contributed by atoms with Gasteiger partial charge < -0.3 is 9.84 Å². The Labute approximate surface area is 73.7 Å². The Bertz CT molecular complexity index is 134. The molecule has 2 atom stereocenters. The second kappa shape index (κ2) is 6.00. The van der Waals surface area contributed by atoms with Gasteiger partial charge in [-0.2, -0.15) is 0 Å². The highest BCUT2D eigenvalue weighted by Gasteiger charge is 2.10. The van der Waals surface area contributed by atoms with Gasteiger partial charge in [-0.15, -0.1) is 0 Å². The van der Waals surface area contributed by atoms with E-state index in [0.717, 1.165) is 6.42 Å². The maximum atomic E-state index is 10.4. The molecule has 12 heavy (non-hydrogen) atoms. The zero-order valence-corrected chi connectivity index (χ0v) is 8.04. The summed E-state index contributed by atoms with van der Waals surface area (Å²) in [5.41, 5.74) is 0. The smallest absolute Gasteiger partial charge is 0.308 e. The molecule has 0 bridgehead atoms. The summed E-state index contributed by atoms with van der Waals surface area (Å²) in [4.78, 5) is 10.4. The van der Waals surface area contributed by atoms with E-state index >= 15 is 0 Å². The fourth-order valence-electron chi connectivity index (χ4n) is 0.635. The molecule has 3 nitrogen and oxygen atoms in total. The van der Waals surface area contributed by atoms with Crippen LogP contribution in [0.3, 0.4) is 0 Å². The zero-order chi connectivity index (χ0) is 9.56. The first kappa shape index (κ1) is 11.4. The summed E-state index contributed by atoms with van der Waals surface area (Å²) in [7, 11) is 0. The van der Waals surface area contributed by atoms with Gasteiger partial charge in [-0.1, -0.05) is 20.3 Å². The molecular formula is C9H18O3. The Kier molecular flexibility index (Phi) is 5.72. The summed E-state index contributed by atoms with van der Waals surface area (Å²) >= 11 is 0. The lowest BCUT2D eigenvalue weighted by molar-refractivity contribution is -0.143. The molecule has 0 heterocycles. The minimum absolute atomic E-state index is 0.319. The van der Waals surface area contributed by atoms with Gasteiger partial charge in [0.1, 0.15) is 0 Å². The van der Waals surface area contributed by atoms with Crippen molar-refractivity contribution in [1.29, 1.82) is 0 Å². The maximum Gasteiger partial charge on any atom is 0.308 e. The SMILES string of the molecule is CCC(C)COCC(C)C(=O)O. The Hall–Kier alpha value is -0.570. The van der Waals surface area contributed by atoms with Crippen molar-refractivity contribution in [2.75, 3.05) is 13.2 Å². The van der Waals surface area contributed by atoms with Crippen LogP contribution in [0.15, 0.2) is 0 Å². The zero-order valence-electron chi connectivity index (χ0n) is 8.04. The van der Waals surface area contributed by atoms with E-state index in [1.807, 2.05) is 0 Å². The van der Waals surface area contributed by atoms with Gasteiger partial charge in [0.15, 0.2) is 0 Å². The minimum Gasteiger partial charge on any atom is -0.481 e. The number of aliphatic carboxylic acids is 1. The average Bonchev–Trinajstić information content (AvgIpc) is 2.03. The molecular weight excluding hydrogens is 156 g/mol. The average molecular weight is 174 g/mol. The number of carboxylic acid groups (broad SMARTS) is 1. The van der Waals surface area contributed by atoms with Crippen LogP contribution in [0.25, 0.3) is 0 Å². The van der Waals surface area contributed by atoms with Gasteiger partial charge in [-0.25, -0.2) is 0 Å². The van der Waals surface area contributed by atoms with Crippen molar-refractivity contribution < 1.29 is 14.6 Å². The third-order valence-electron chi connectivity index (χ3n) is 1.89. The molecule has 0 aliphatic rings. The molecule has 0 spiro atoms. The number of ether oxygens (including phenoxy) is 1. The van der Waals surface area contributed by atoms with E-state index in [1.165, 1.54) is 0 Å². The van der Waals surface area contributed by atoms with Crippen molar-refractivity contribution in [3.63, 3.8) is 0 Å². The molecule has 0 saturated carbocycles. The number of hydrogen-bond acceptors (Lipinski definition) is 2. The lowest BCUT2D eigenvalue weighted by Crippen LogP contribution is -2.18. The van der Waals surface area contributed by atoms with E-state index in [2.05, 4.69) is 13.8 Å². The summed E-state index contributed by atoms with van der Waals surface area (Å²) in [6.07, 6.45) is 1.07. The van der Waals surface area contributed by atoms with Gasteiger partial charge in [0, 0.05) is 6.61 Å². The lowest BCUT2D eigenvalue weighted by atomic mass is 10.1. The molecule has 0 aromatic rings. The molecule has 0 aliphatic heterocycles. The molecule has 0 radical (unpaired) electrons. The van der Waals surface area contributed by atoms with Crippen LogP contribution >= 0.6 is 0 Å². The van der Waals surface area contributed by atoms with E-state index in [1.54, 1.807) is 6.92 Å². The van der Waals surface area contributed by atoms with Gasteiger partial charge >= 0.3 is 5.97 Å². The predicted octanol–water partition coefficient (Wildman–Crippen LogP) is 1.77. The van der Waals surface area contributed by atoms with Crippen LogP contribution in [0.5, 0.6) is 0 Å². The third kappa shape index (κ3) is 5.13. The molecule has 0 fully saturated rings. The molecule has 3 heteroatoms. The summed E-state index contributed by atoms with van der Waals surface area (Å²) in [6, 6.07) is 0. The molecule has 72 valence electrons. The molecule has 1 N–H and O–H groups in total. The van der Waals surface area contributed by atoms with Crippen LogP contribution in [0.1, 0.15) is 27.2 Å². The topological polar surface area (TPSA) is 46.5 Å². The maximum absolute atomic E-state index is 10.4. The molecule has 0 rings (SSSR count). The second-order valence-electron chi connectivity index (χ2n) is 3.29. The van der Waals surface area contributed by atoms with E-state index in [4.69, 9.17) is 9.84 Å². The van der Waals surface area contributed by atoms with Crippen molar-refractivity contribution in [1.82, 2.24) is 0 Å². The van der Waals surface area contributed by atoms with E-state index in [-0.39, 0.29) is 0 Å². The summed E-state index contributed by atoms with van der Waals surface area (Å²) in [5.74, 6) is -0.667. The number of carbonyl (C=O) groups is 1. The van der Waals surface area contributed by atoms with E-state index in [9.17, 15) is 4.79 Å². The number of rotatable bonds is 6. The molecule has 0 aliphatic carbocycles. The largest absolute Gasteiger partial charge is 0.481 e. The van der Waals surface area contributed by atoms with Crippen LogP contribution in [0.4, 0.5) is 0 Å². The summed E-state index contributed by atoms with van der Waals surface area (Å²) in [6.45, 7) is 6.81. The van der Waals surface area contributed by atoms with Crippen LogP contribution in [0, 0.1) is 11.8 Å². The number of carboxylic acids is 1. The highest BCUT2D eigenvalue weighted by molar-refractivity contribution is 5.69. The monoisotopic (exact) mass is 174 g/mol. The van der Waals surface area contributed by atoms with Gasteiger partial charge in [0.05, 0.1) is 12.5 Å². The quantitative estimate of drug-likeness (QED) is 0.667. The van der Waals surface area contributed by atoms with E-state index in [0.29, 0.717) is 19.1 Å². The first-order chi connectivity index (χ1) is 5.57. The van der Waals surface area contributed by atoms with Crippen LogP contribution < -0.4 is 0 Å². The summed E-state index contributed by atoms with van der Waals surface area (Å²) < 4.78 is 5.23. The van der Waals surface area contributed by atoms with Gasteiger partial charge in [0.2, 0.25) is 0 Å². The van der Waals surface area contributed by atoms with Crippen molar-refractivity contribution >= 4 is 5.97 Å².